The number of hydrogen-bond donors (Lipinski definition) is 3. The van der Waals surface area contributed by atoms with Crippen molar-refractivity contribution < 1.29 is 9.90 Å². The minimum atomic E-state index is -0.284. The minimum Gasteiger partial charge on any atom is -0.393 e. The van der Waals surface area contributed by atoms with Crippen molar-refractivity contribution in [3.8, 4) is 0 Å². The molecule has 84 valence electrons. The number of nitrogens with one attached hydrogen (secondary N) is 1. The van der Waals surface area contributed by atoms with Gasteiger partial charge in [-0.3, -0.25) is 4.79 Å². The molecule has 14 heavy (non-hydrogen) atoms. The highest BCUT2D eigenvalue weighted by atomic mass is 16.3. The van der Waals surface area contributed by atoms with Crippen LogP contribution in [0, 0.1) is 5.92 Å². The van der Waals surface area contributed by atoms with Gasteiger partial charge in [-0.05, 0) is 32.7 Å². The molecule has 0 radical (unpaired) electrons. The molecular formula is C10H22N2O2. The maximum absolute atomic E-state index is 11.3. The van der Waals surface area contributed by atoms with Crippen LogP contribution in [0.5, 0.6) is 0 Å². The van der Waals surface area contributed by atoms with E-state index >= 15 is 0 Å². The molecule has 0 aliphatic rings. The number of aliphatic hydroxyl groups excluding tert-OH is 1. The molecule has 0 fully saturated rings. The van der Waals surface area contributed by atoms with E-state index in [4.69, 9.17) is 10.8 Å². The van der Waals surface area contributed by atoms with Gasteiger partial charge in [-0.1, -0.05) is 6.92 Å². The van der Waals surface area contributed by atoms with Gasteiger partial charge in [-0.15, -0.1) is 0 Å². The van der Waals surface area contributed by atoms with E-state index in [1.165, 1.54) is 0 Å². The maximum atomic E-state index is 11.3. The fourth-order valence-electron chi connectivity index (χ4n) is 1.16. The van der Waals surface area contributed by atoms with Crippen molar-refractivity contribution in [2.75, 3.05) is 13.1 Å². The quantitative estimate of drug-likeness (QED) is 0.518. The summed E-state index contributed by atoms with van der Waals surface area (Å²) >= 11 is 0. The number of amides is 1. The van der Waals surface area contributed by atoms with Crippen molar-refractivity contribution in [1.29, 1.82) is 0 Å². The molecule has 1 amide bonds. The fourth-order valence-corrected chi connectivity index (χ4v) is 1.16. The van der Waals surface area contributed by atoms with Crippen LogP contribution in [-0.4, -0.2) is 30.2 Å². The molecule has 0 saturated carbocycles. The number of nitrogens with two attached hydrogens (primary N) is 1. The molecule has 4 N–H and O–H groups in total. The van der Waals surface area contributed by atoms with Crippen LogP contribution in [0.15, 0.2) is 0 Å². The second-order valence-electron chi connectivity index (χ2n) is 3.76. The fraction of sp³-hybridized carbons (Fsp3) is 0.900. The lowest BCUT2D eigenvalue weighted by Gasteiger charge is -2.11. The number of carbonyl (C=O) groups is 1. The van der Waals surface area contributed by atoms with E-state index in [-0.39, 0.29) is 17.9 Å². The van der Waals surface area contributed by atoms with Crippen molar-refractivity contribution in [2.24, 2.45) is 11.7 Å². The molecule has 0 spiro atoms. The number of hydrogen-bond acceptors (Lipinski definition) is 3. The lowest BCUT2D eigenvalue weighted by atomic mass is 10.1. The summed E-state index contributed by atoms with van der Waals surface area (Å²) in [6.07, 6.45) is 1.99. The van der Waals surface area contributed by atoms with E-state index in [0.29, 0.717) is 13.1 Å². The highest BCUT2D eigenvalue weighted by Gasteiger charge is 2.10. The van der Waals surface area contributed by atoms with Crippen LogP contribution in [0.4, 0.5) is 0 Å². The lowest BCUT2D eigenvalue weighted by Crippen LogP contribution is -2.31. The maximum Gasteiger partial charge on any atom is 0.222 e. The molecule has 0 bridgehead atoms. The van der Waals surface area contributed by atoms with Gasteiger partial charge in [0, 0.05) is 12.5 Å². The van der Waals surface area contributed by atoms with E-state index in [2.05, 4.69) is 5.32 Å². The third-order valence-corrected chi connectivity index (χ3v) is 2.15. The molecule has 0 aliphatic carbocycles. The molecule has 0 aromatic heterocycles. The first-order valence-corrected chi connectivity index (χ1v) is 5.23. The third kappa shape index (κ3) is 6.86. The third-order valence-electron chi connectivity index (χ3n) is 2.15. The predicted octanol–water partition coefficient (Wildman–Crippen LogP) is 0.249. The van der Waals surface area contributed by atoms with E-state index < -0.39 is 0 Å². The Hall–Kier alpha value is -0.610. The van der Waals surface area contributed by atoms with Crippen LogP contribution in [0.2, 0.25) is 0 Å². The van der Waals surface area contributed by atoms with Crippen LogP contribution in [-0.2, 0) is 4.79 Å². The molecule has 0 heterocycles. The highest BCUT2D eigenvalue weighted by Crippen LogP contribution is 2.00. The van der Waals surface area contributed by atoms with Crippen LogP contribution >= 0.6 is 0 Å². The standard InChI is InChI=1S/C10H22N2O2/c1-8(5-6-11)10(14)12-7-3-4-9(2)13/h8-9,13H,3-7,11H2,1-2H3,(H,12,14). The Morgan fingerprint density at radius 1 is 1.43 bits per heavy atom. The Morgan fingerprint density at radius 3 is 2.57 bits per heavy atom. The molecule has 2 atom stereocenters. The Balaban J connectivity index is 3.44. The van der Waals surface area contributed by atoms with Crippen molar-refractivity contribution in [1.82, 2.24) is 5.32 Å². The van der Waals surface area contributed by atoms with E-state index in [0.717, 1.165) is 19.3 Å². The second-order valence-corrected chi connectivity index (χ2v) is 3.76. The van der Waals surface area contributed by atoms with Gasteiger partial charge in [0.05, 0.1) is 6.10 Å². The first-order chi connectivity index (χ1) is 6.57. The van der Waals surface area contributed by atoms with Crippen molar-refractivity contribution >= 4 is 5.91 Å². The van der Waals surface area contributed by atoms with Gasteiger partial charge in [0.2, 0.25) is 5.91 Å². The minimum absolute atomic E-state index is 0.00782. The predicted molar refractivity (Wildman–Crippen MR) is 56.8 cm³/mol. The summed E-state index contributed by atoms with van der Waals surface area (Å²) in [7, 11) is 0. The molecule has 0 aromatic rings. The van der Waals surface area contributed by atoms with Crippen molar-refractivity contribution in [3.05, 3.63) is 0 Å². The molecule has 0 aliphatic heterocycles. The van der Waals surface area contributed by atoms with Gasteiger partial charge in [0.15, 0.2) is 0 Å². The lowest BCUT2D eigenvalue weighted by molar-refractivity contribution is -0.124. The summed E-state index contributed by atoms with van der Waals surface area (Å²) in [5, 5.41) is 11.8. The average Bonchev–Trinajstić information content (AvgIpc) is 2.12. The van der Waals surface area contributed by atoms with Crippen LogP contribution in [0.1, 0.15) is 33.1 Å². The van der Waals surface area contributed by atoms with E-state index in [1.54, 1.807) is 6.92 Å². The first-order valence-electron chi connectivity index (χ1n) is 5.23. The summed E-state index contributed by atoms with van der Waals surface area (Å²) < 4.78 is 0. The van der Waals surface area contributed by atoms with Crippen LogP contribution < -0.4 is 11.1 Å². The first kappa shape index (κ1) is 13.4. The molecular weight excluding hydrogens is 180 g/mol. The normalized spacial score (nSPS) is 14.9. The van der Waals surface area contributed by atoms with Crippen LogP contribution in [0.25, 0.3) is 0 Å². The summed E-state index contributed by atoms with van der Waals surface area (Å²) in [5.74, 6) is 0.0487. The van der Waals surface area contributed by atoms with Gasteiger partial charge in [-0.25, -0.2) is 0 Å². The Morgan fingerprint density at radius 2 is 2.07 bits per heavy atom. The summed E-state index contributed by atoms with van der Waals surface area (Å²) in [6.45, 7) is 4.80. The molecule has 0 aromatic carbocycles. The SMILES string of the molecule is CC(O)CCCNC(=O)C(C)CCN. The smallest absolute Gasteiger partial charge is 0.222 e. The highest BCUT2D eigenvalue weighted by molar-refractivity contribution is 5.78. The second kappa shape index (κ2) is 7.76. The van der Waals surface area contributed by atoms with Gasteiger partial charge in [0.1, 0.15) is 0 Å². The Labute approximate surface area is 85.9 Å². The molecule has 4 heteroatoms. The van der Waals surface area contributed by atoms with Gasteiger partial charge in [-0.2, -0.15) is 0 Å². The average molecular weight is 202 g/mol. The Bertz CT molecular complexity index is 160. The van der Waals surface area contributed by atoms with Gasteiger partial charge in [0.25, 0.3) is 0 Å². The van der Waals surface area contributed by atoms with E-state index in [1.807, 2.05) is 6.92 Å². The topological polar surface area (TPSA) is 75.3 Å². The molecule has 0 saturated heterocycles. The molecule has 2 unspecified atom stereocenters. The zero-order chi connectivity index (χ0) is 11.0. The van der Waals surface area contributed by atoms with Gasteiger partial charge < -0.3 is 16.2 Å². The zero-order valence-corrected chi connectivity index (χ0v) is 9.12. The van der Waals surface area contributed by atoms with E-state index in [9.17, 15) is 4.79 Å². The Kier molecular flexibility index (Phi) is 7.42. The molecule has 0 rings (SSSR count). The summed E-state index contributed by atoms with van der Waals surface area (Å²) in [4.78, 5) is 11.3. The van der Waals surface area contributed by atoms with Crippen molar-refractivity contribution in [2.45, 2.75) is 39.2 Å². The summed E-state index contributed by atoms with van der Waals surface area (Å²) in [5.41, 5.74) is 5.35. The zero-order valence-electron chi connectivity index (χ0n) is 9.12. The number of rotatable bonds is 7. The number of carbonyl (C=O) groups excluding carboxylic acids is 1. The molecule has 4 nitrogen and oxygen atoms in total. The van der Waals surface area contributed by atoms with Crippen molar-refractivity contribution in [3.63, 3.8) is 0 Å². The number of aliphatic hydroxyl groups is 1. The monoisotopic (exact) mass is 202 g/mol. The summed E-state index contributed by atoms with van der Waals surface area (Å²) in [6, 6.07) is 0. The van der Waals surface area contributed by atoms with Gasteiger partial charge >= 0.3 is 0 Å². The largest absolute Gasteiger partial charge is 0.393 e. The van der Waals surface area contributed by atoms with Crippen LogP contribution in [0.3, 0.4) is 0 Å².